The number of fused-ring (bicyclic) bond motifs is 3. The summed E-state index contributed by atoms with van der Waals surface area (Å²) in [5.41, 5.74) is 4.16. The van der Waals surface area contributed by atoms with Gasteiger partial charge in [0.2, 0.25) is 0 Å². The smallest absolute Gasteiger partial charge is 0.273 e. The van der Waals surface area contributed by atoms with Gasteiger partial charge < -0.3 is 4.90 Å². The van der Waals surface area contributed by atoms with Crippen molar-refractivity contribution >= 4 is 35.2 Å². The minimum Gasteiger partial charge on any atom is -0.336 e. The van der Waals surface area contributed by atoms with E-state index in [9.17, 15) is 4.79 Å². The molecule has 0 unspecified atom stereocenters. The molecule has 1 aromatic heterocycles. The zero-order valence-corrected chi connectivity index (χ0v) is 12.2. The summed E-state index contributed by atoms with van der Waals surface area (Å²) in [6.07, 6.45) is 3.22. The lowest BCUT2D eigenvalue weighted by atomic mass is 10.1. The van der Waals surface area contributed by atoms with E-state index in [1.807, 2.05) is 18.2 Å². The van der Waals surface area contributed by atoms with Gasteiger partial charge >= 0.3 is 0 Å². The molecule has 6 heteroatoms. The number of carbonyl (C=O) groups is 1. The van der Waals surface area contributed by atoms with Crippen molar-refractivity contribution in [1.29, 1.82) is 0 Å². The van der Waals surface area contributed by atoms with Crippen molar-refractivity contribution < 1.29 is 4.79 Å². The number of amides is 1. The van der Waals surface area contributed by atoms with Crippen molar-refractivity contribution in [2.75, 3.05) is 7.05 Å². The van der Waals surface area contributed by atoms with Crippen LogP contribution in [-0.4, -0.2) is 27.4 Å². The molecule has 2 heterocycles. The molecule has 3 rings (SSSR count). The van der Waals surface area contributed by atoms with Gasteiger partial charge in [-0.15, -0.1) is 0 Å². The third-order valence-electron chi connectivity index (χ3n) is 3.31. The lowest BCUT2D eigenvalue weighted by Crippen LogP contribution is -2.26. The van der Waals surface area contributed by atoms with Gasteiger partial charge in [-0.3, -0.25) is 9.36 Å². The number of hydrogen-bond donors (Lipinski definition) is 0. The number of imidazole rings is 1. The molecule has 1 aliphatic rings. The molecular weight excluding hydrogens is 297 g/mol. The summed E-state index contributed by atoms with van der Waals surface area (Å²) in [6, 6.07) is 5.60. The van der Waals surface area contributed by atoms with E-state index in [-0.39, 0.29) is 5.91 Å². The van der Waals surface area contributed by atoms with E-state index in [1.165, 1.54) is 5.54 Å². The number of aromatic nitrogens is 2. The van der Waals surface area contributed by atoms with Gasteiger partial charge in [-0.05, 0) is 18.2 Å². The van der Waals surface area contributed by atoms with Crippen molar-refractivity contribution in [1.82, 2.24) is 14.5 Å². The third kappa shape index (κ3) is 1.92. The molecule has 0 radical (unpaired) electrons. The van der Waals surface area contributed by atoms with Gasteiger partial charge in [0.25, 0.3) is 5.91 Å². The number of nitrogens with zero attached hydrogens (tertiary/aromatic N) is 3. The summed E-state index contributed by atoms with van der Waals surface area (Å²) in [5, 5.41) is 0.637. The normalized spacial score (nSPS) is 14.3. The third-order valence-corrected chi connectivity index (χ3v) is 3.79. The van der Waals surface area contributed by atoms with E-state index in [1.54, 1.807) is 28.9 Å². The summed E-state index contributed by atoms with van der Waals surface area (Å²) in [7, 11) is 1.74. The summed E-state index contributed by atoms with van der Waals surface area (Å²) in [4.78, 5) is 18.4. The van der Waals surface area contributed by atoms with Crippen LogP contribution in [0.4, 0.5) is 0 Å². The minimum absolute atomic E-state index is 0.112. The lowest BCUT2D eigenvalue weighted by molar-refractivity contribution is 0.0782. The Morgan fingerprint density at radius 3 is 2.95 bits per heavy atom. The molecule has 0 fully saturated rings. The molecule has 0 N–H and O–H groups in total. The monoisotopic (exact) mass is 307 g/mol. The molecule has 4 nitrogen and oxygen atoms in total. The quantitative estimate of drug-likeness (QED) is 0.810. The van der Waals surface area contributed by atoms with Crippen LogP contribution in [0, 0.1) is 0 Å². The van der Waals surface area contributed by atoms with Gasteiger partial charge in [-0.25, -0.2) is 4.98 Å². The molecule has 1 aromatic carbocycles. The average Bonchev–Trinajstić information content (AvgIpc) is 2.79. The van der Waals surface area contributed by atoms with E-state index >= 15 is 0 Å². The standard InChI is InChI=1S/C14H11Cl2N3O/c1-18-7-9-10(16)3-2-4-12(9)19-8-17-11(5-6-15)13(19)14(18)20/h2-6,8H,7H2,1H3/b6-5-. The van der Waals surface area contributed by atoms with E-state index < -0.39 is 0 Å². The molecule has 1 aliphatic heterocycles. The SMILES string of the molecule is CN1Cc2c(Cl)cccc2-n2cnc(/C=C\Cl)c2C1=O. The van der Waals surface area contributed by atoms with Gasteiger partial charge in [0.05, 0.1) is 11.4 Å². The number of benzene rings is 1. The second-order valence-electron chi connectivity index (χ2n) is 4.54. The van der Waals surface area contributed by atoms with Gasteiger partial charge in [-0.1, -0.05) is 29.3 Å². The van der Waals surface area contributed by atoms with Crippen molar-refractivity contribution in [3.05, 3.63) is 52.0 Å². The number of carbonyl (C=O) groups excluding carboxylic acids is 1. The Hall–Kier alpha value is -1.78. The van der Waals surface area contributed by atoms with Crippen LogP contribution in [0.3, 0.4) is 0 Å². The Kier molecular flexibility index (Phi) is 3.28. The average molecular weight is 308 g/mol. The first-order chi connectivity index (χ1) is 9.63. The largest absolute Gasteiger partial charge is 0.336 e. The van der Waals surface area contributed by atoms with Crippen LogP contribution in [0.15, 0.2) is 30.1 Å². The van der Waals surface area contributed by atoms with Crippen molar-refractivity contribution in [3.8, 4) is 5.69 Å². The fourth-order valence-corrected chi connectivity index (χ4v) is 2.71. The first-order valence-electron chi connectivity index (χ1n) is 6.01. The van der Waals surface area contributed by atoms with Gasteiger partial charge in [0.1, 0.15) is 12.0 Å². The van der Waals surface area contributed by atoms with Gasteiger partial charge in [0, 0.05) is 29.7 Å². The molecule has 20 heavy (non-hydrogen) atoms. The second-order valence-corrected chi connectivity index (χ2v) is 5.20. The predicted octanol–water partition coefficient (Wildman–Crippen LogP) is 3.32. The van der Waals surface area contributed by atoms with Crippen LogP contribution in [0.5, 0.6) is 0 Å². The van der Waals surface area contributed by atoms with E-state index in [0.29, 0.717) is 23.0 Å². The molecule has 0 saturated carbocycles. The fourth-order valence-electron chi connectivity index (χ4n) is 2.36. The van der Waals surface area contributed by atoms with Crippen LogP contribution < -0.4 is 0 Å². The van der Waals surface area contributed by atoms with Crippen LogP contribution in [0.25, 0.3) is 11.8 Å². The Labute approximate surface area is 126 Å². The number of hydrogen-bond acceptors (Lipinski definition) is 2. The number of halogens is 2. The number of rotatable bonds is 1. The van der Waals surface area contributed by atoms with Crippen LogP contribution in [0.1, 0.15) is 21.7 Å². The maximum absolute atomic E-state index is 12.5. The zero-order chi connectivity index (χ0) is 14.3. The zero-order valence-electron chi connectivity index (χ0n) is 10.7. The molecule has 1 amide bonds. The molecule has 0 spiro atoms. The Morgan fingerprint density at radius 1 is 1.40 bits per heavy atom. The summed E-state index contributed by atoms with van der Waals surface area (Å²) in [6.45, 7) is 0.458. The maximum atomic E-state index is 12.5. The topological polar surface area (TPSA) is 38.1 Å². The minimum atomic E-state index is -0.112. The Bertz CT molecular complexity index is 721. The van der Waals surface area contributed by atoms with Gasteiger partial charge in [-0.2, -0.15) is 0 Å². The maximum Gasteiger partial charge on any atom is 0.273 e. The van der Waals surface area contributed by atoms with E-state index in [2.05, 4.69) is 4.98 Å². The molecule has 102 valence electrons. The van der Waals surface area contributed by atoms with Crippen LogP contribution >= 0.6 is 23.2 Å². The second kappa shape index (κ2) is 4.96. The van der Waals surface area contributed by atoms with Crippen LogP contribution in [0.2, 0.25) is 5.02 Å². The van der Waals surface area contributed by atoms with Crippen LogP contribution in [-0.2, 0) is 6.54 Å². The van der Waals surface area contributed by atoms with Gasteiger partial charge in [0.15, 0.2) is 0 Å². The molecule has 2 aromatic rings. The lowest BCUT2D eigenvalue weighted by Gasteiger charge is -2.15. The highest BCUT2D eigenvalue weighted by atomic mass is 35.5. The highest BCUT2D eigenvalue weighted by Crippen LogP contribution is 2.30. The highest BCUT2D eigenvalue weighted by Gasteiger charge is 2.27. The van der Waals surface area contributed by atoms with Crippen molar-refractivity contribution in [2.45, 2.75) is 6.54 Å². The molecule has 0 bridgehead atoms. The fraction of sp³-hybridized carbons (Fsp3) is 0.143. The summed E-state index contributed by atoms with van der Waals surface area (Å²) < 4.78 is 1.76. The highest BCUT2D eigenvalue weighted by molar-refractivity contribution is 6.31. The van der Waals surface area contributed by atoms with Crippen molar-refractivity contribution in [3.63, 3.8) is 0 Å². The Morgan fingerprint density at radius 2 is 2.20 bits per heavy atom. The first-order valence-corrected chi connectivity index (χ1v) is 6.82. The molecule has 0 atom stereocenters. The summed E-state index contributed by atoms with van der Waals surface area (Å²) in [5.74, 6) is -0.112. The molecule has 0 aliphatic carbocycles. The van der Waals surface area contributed by atoms with E-state index in [0.717, 1.165) is 11.3 Å². The molecular formula is C14H11Cl2N3O. The van der Waals surface area contributed by atoms with Crippen molar-refractivity contribution in [2.24, 2.45) is 0 Å². The summed E-state index contributed by atoms with van der Waals surface area (Å²) >= 11 is 11.9. The molecule has 0 saturated heterocycles. The Balaban J connectivity index is 2.33. The predicted molar refractivity (Wildman–Crippen MR) is 79.3 cm³/mol. The first kappa shape index (κ1) is 13.2. The van der Waals surface area contributed by atoms with E-state index in [4.69, 9.17) is 23.2 Å².